The molecule has 4 heteroatoms. The van der Waals surface area contributed by atoms with Crippen LogP contribution in [0.1, 0.15) is 39.7 Å². The molecule has 0 radical (unpaired) electrons. The Balaban J connectivity index is 2.08. The highest BCUT2D eigenvalue weighted by atomic mass is 32.1. The minimum absolute atomic E-state index is 0.0409. The number of fused-ring (bicyclic) bond motifs is 1. The lowest BCUT2D eigenvalue weighted by molar-refractivity contribution is -0.174. The van der Waals surface area contributed by atoms with Crippen LogP contribution in [-0.4, -0.2) is 12.8 Å². The number of esters is 1. The van der Waals surface area contributed by atoms with Gasteiger partial charge in [0.05, 0.1) is 11.5 Å². The van der Waals surface area contributed by atoms with Crippen LogP contribution >= 0.6 is 12.6 Å². The summed E-state index contributed by atoms with van der Waals surface area (Å²) in [7, 11) is 0. The summed E-state index contributed by atoms with van der Waals surface area (Å²) in [5.74, 6) is -0.322. The van der Waals surface area contributed by atoms with E-state index < -0.39 is 5.60 Å². The van der Waals surface area contributed by atoms with Crippen molar-refractivity contribution in [2.45, 2.75) is 44.6 Å². The summed E-state index contributed by atoms with van der Waals surface area (Å²) in [5, 5.41) is 2.22. The molecule has 0 aliphatic rings. The van der Waals surface area contributed by atoms with Crippen LogP contribution in [0.4, 0.5) is 0 Å². The monoisotopic (exact) mass is 332 g/mol. The fourth-order valence-corrected chi connectivity index (χ4v) is 2.56. The fraction of sp³-hybridized carbons (Fsp3) is 0.421. The molecule has 1 atom stereocenters. The summed E-state index contributed by atoms with van der Waals surface area (Å²) in [6.45, 7) is 7.71. The van der Waals surface area contributed by atoms with Crippen molar-refractivity contribution < 1.29 is 14.3 Å². The molecule has 0 saturated heterocycles. The Morgan fingerprint density at radius 3 is 2.70 bits per heavy atom. The summed E-state index contributed by atoms with van der Waals surface area (Å²) in [6.07, 6.45) is 0.763. The zero-order chi connectivity index (χ0) is 17.0. The van der Waals surface area contributed by atoms with E-state index in [1.54, 1.807) is 0 Å². The maximum Gasteiger partial charge on any atom is 0.310 e. The van der Waals surface area contributed by atoms with Gasteiger partial charge in [-0.3, -0.25) is 4.79 Å². The van der Waals surface area contributed by atoms with Gasteiger partial charge in [-0.15, -0.1) is 12.6 Å². The molecule has 2 aromatic carbocycles. The zero-order valence-electron chi connectivity index (χ0n) is 14.1. The molecule has 1 unspecified atom stereocenters. The van der Waals surface area contributed by atoms with E-state index in [-0.39, 0.29) is 18.7 Å². The molecule has 0 amide bonds. The first-order chi connectivity index (χ1) is 10.8. The van der Waals surface area contributed by atoms with Gasteiger partial charge in [0.15, 0.2) is 6.79 Å². The number of hydrogen-bond donors (Lipinski definition) is 1. The number of carbonyl (C=O) groups is 1. The normalized spacial score (nSPS) is 13.1. The predicted octanol–water partition coefficient (Wildman–Crippen LogP) is 4.93. The zero-order valence-corrected chi connectivity index (χ0v) is 15.0. The Bertz CT molecular complexity index is 694. The van der Waals surface area contributed by atoms with Crippen molar-refractivity contribution in [2.75, 3.05) is 6.79 Å². The highest BCUT2D eigenvalue weighted by Gasteiger charge is 2.23. The third kappa shape index (κ3) is 4.27. The third-order valence-electron chi connectivity index (χ3n) is 4.19. The lowest BCUT2D eigenvalue weighted by Gasteiger charge is -2.26. The van der Waals surface area contributed by atoms with Crippen LogP contribution in [0.5, 0.6) is 0 Å². The maximum atomic E-state index is 11.7. The van der Waals surface area contributed by atoms with E-state index in [0.29, 0.717) is 0 Å². The quantitative estimate of drug-likeness (QED) is 0.463. The lowest BCUT2D eigenvalue weighted by atomic mass is 9.95. The predicted molar refractivity (Wildman–Crippen MR) is 95.7 cm³/mol. The van der Waals surface area contributed by atoms with Crippen LogP contribution in [-0.2, 0) is 19.9 Å². The highest BCUT2D eigenvalue weighted by Crippen LogP contribution is 2.30. The molecular weight excluding hydrogens is 308 g/mol. The summed E-state index contributed by atoms with van der Waals surface area (Å²) in [6, 6.07) is 12.2. The molecular formula is C19H24O3S. The van der Waals surface area contributed by atoms with E-state index in [0.717, 1.165) is 27.7 Å². The van der Waals surface area contributed by atoms with E-state index in [4.69, 9.17) is 9.47 Å². The number of carbonyl (C=O) groups excluding carboxylic acids is 1. The molecule has 0 bridgehead atoms. The SMILES string of the molecule is CCC(C)C(=O)OCOC(C)(C)c1ccc2c(S)cccc2c1. The first-order valence-corrected chi connectivity index (χ1v) is 8.32. The van der Waals surface area contributed by atoms with Gasteiger partial charge < -0.3 is 9.47 Å². The topological polar surface area (TPSA) is 35.5 Å². The maximum absolute atomic E-state index is 11.7. The second-order valence-electron chi connectivity index (χ2n) is 6.26. The Kier molecular flexibility index (Phi) is 5.71. The molecule has 0 aliphatic heterocycles. The second-order valence-corrected chi connectivity index (χ2v) is 6.74. The fourth-order valence-electron chi connectivity index (χ4n) is 2.27. The summed E-state index contributed by atoms with van der Waals surface area (Å²) in [5.41, 5.74) is 0.486. The van der Waals surface area contributed by atoms with E-state index in [1.807, 2.05) is 52.0 Å². The van der Waals surface area contributed by atoms with Gasteiger partial charge in [0, 0.05) is 4.90 Å². The van der Waals surface area contributed by atoms with Crippen molar-refractivity contribution >= 4 is 29.4 Å². The molecule has 0 heterocycles. The number of ether oxygens (including phenoxy) is 2. The Morgan fingerprint density at radius 1 is 1.26 bits per heavy atom. The molecule has 0 spiro atoms. The lowest BCUT2D eigenvalue weighted by Crippen LogP contribution is -2.25. The first-order valence-electron chi connectivity index (χ1n) is 7.88. The Labute approximate surface area is 143 Å². The molecule has 3 nitrogen and oxygen atoms in total. The van der Waals surface area contributed by atoms with Crippen molar-refractivity contribution in [3.05, 3.63) is 42.0 Å². The number of hydrogen-bond acceptors (Lipinski definition) is 4. The molecule has 0 saturated carbocycles. The van der Waals surface area contributed by atoms with E-state index in [2.05, 4.69) is 24.8 Å². The minimum atomic E-state index is -0.545. The van der Waals surface area contributed by atoms with Crippen LogP contribution in [0.15, 0.2) is 41.3 Å². The molecule has 124 valence electrons. The number of rotatable bonds is 6. The summed E-state index contributed by atoms with van der Waals surface area (Å²) >= 11 is 4.48. The largest absolute Gasteiger partial charge is 0.438 e. The van der Waals surface area contributed by atoms with Crippen LogP contribution in [0.25, 0.3) is 10.8 Å². The van der Waals surface area contributed by atoms with Gasteiger partial charge in [0.1, 0.15) is 0 Å². The molecule has 0 aromatic heterocycles. The highest BCUT2D eigenvalue weighted by molar-refractivity contribution is 7.80. The second kappa shape index (κ2) is 7.37. The number of benzene rings is 2. The van der Waals surface area contributed by atoms with Gasteiger partial charge in [0.25, 0.3) is 0 Å². The van der Waals surface area contributed by atoms with Crippen molar-refractivity contribution in [1.82, 2.24) is 0 Å². The van der Waals surface area contributed by atoms with Crippen LogP contribution in [0.3, 0.4) is 0 Å². The van der Waals surface area contributed by atoms with Gasteiger partial charge >= 0.3 is 5.97 Å². The van der Waals surface area contributed by atoms with Crippen molar-refractivity contribution in [2.24, 2.45) is 5.92 Å². The van der Waals surface area contributed by atoms with Crippen molar-refractivity contribution in [3.63, 3.8) is 0 Å². The van der Waals surface area contributed by atoms with Crippen LogP contribution in [0.2, 0.25) is 0 Å². The van der Waals surface area contributed by atoms with Crippen LogP contribution < -0.4 is 0 Å². The Hall–Kier alpha value is -1.52. The Morgan fingerprint density at radius 2 is 2.00 bits per heavy atom. The summed E-state index contributed by atoms with van der Waals surface area (Å²) < 4.78 is 11.0. The van der Waals surface area contributed by atoms with Gasteiger partial charge in [-0.2, -0.15) is 0 Å². The molecule has 2 rings (SSSR count). The van der Waals surface area contributed by atoms with E-state index in [9.17, 15) is 4.79 Å². The van der Waals surface area contributed by atoms with E-state index >= 15 is 0 Å². The van der Waals surface area contributed by atoms with Gasteiger partial charge in [-0.1, -0.05) is 38.1 Å². The van der Waals surface area contributed by atoms with Gasteiger partial charge in [-0.25, -0.2) is 0 Å². The molecule has 23 heavy (non-hydrogen) atoms. The average Bonchev–Trinajstić information content (AvgIpc) is 2.53. The average molecular weight is 332 g/mol. The van der Waals surface area contributed by atoms with Crippen molar-refractivity contribution in [3.8, 4) is 0 Å². The van der Waals surface area contributed by atoms with Crippen molar-refractivity contribution in [1.29, 1.82) is 0 Å². The summed E-state index contributed by atoms with van der Waals surface area (Å²) in [4.78, 5) is 12.7. The van der Waals surface area contributed by atoms with Crippen LogP contribution in [0, 0.1) is 5.92 Å². The first kappa shape index (κ1) is 17.8. The standard InChI is InChI=1S/C19H24O3S/c1-5-13(2)18(20)21-12-22-19(3,4)15-9-10-16-14(11-15)7-6-8-17(16)23/h6-11,13,23H,5,12H2,1-4H3. The molecule has 0 aliphatic carbocycles. The van der Waals surface area contributed by atoms with Gasteiger partial charge in [0.2, 0.25) is 0 Å². The number of thiol groups is 1. The van der Waals surface area contributed by atoms with E-state index in [1.165, 1.54) is 0 Å². The smallest absolute Gasteiger partial charge is 0.310 e. The molecule has 2 aromatic rings. The minimum Gasteiger partial charge on any atom is -0.438 e. The molecule has 0 fully saturated rings. The molecule has 0 N–H and O–H groups in total. The third-order valence-corrected chi connectivity index (χ3v) is 4.58. The van der Waals surface area contributed by atoms with Gasteiger partial charge in [-0.05, 0) is 48.7 Å².